The summed E-state index contributed by atoms with van der Waals surface area (Å²) in [4.78, 5) is 16.5. The van der Waals surface area contributed by atoms with E-state index in [0.29, 0.717) is 10.7 Å². The Morgan fingerprint density at radius 3 is 2.60 bits per heavy atom. The summed E-state index contributed by atoms with van der Waals surface area (Å²) in [7, 11) is 0. The summed E-state index contributed by atoms with van der Waals surface area (Å²) in [6.07, 6.45) is 2.00. The van der Waals surface area contributed by atoms with Crippen LogP contribution in [-0.4, -0.2) is 46.3 Å². The minimum absolute atomic E-state index is 0.0896. The number of carbonyl (C=O) groups excluding carboxylic acids is 1. The van der Waals surface area contributed by atoms with Gasteiger partial charge in [0, 0.05) is 11.1 Å². The van der Waals surface area contributed by atoms with Gasteiger partial charge >= 0.3 is 0 Å². The molecule has 30 heavy (non-hydrogen) atoms. The van der Waals surface area contributed by atoms with E-state index in [0.717, 1.165) is 48.7 Å². The number of halogens is 1. The number of hydrogen-bond acceptors (Lipinski definition) is 4. The van der Waals surface area contributed by atoms with Crippen LogP contribution < -0.4 is 5.32 Å². The van der Waals surface area contributed by atoms with Gasteiger partial charge in [0.15, 0.2) is 0 Å². The maximum absolute atomic E-state index is 13.1. The molecule has 0 aliphatic rings. The molecular formula is C23H29ClN4OS. The number of nitrogens with zero attached hydrogens (tertiary/aromatic N) is 3. The van der Waals surface area contributed by atoms with Crippen molar-refractivity contribution in [3.05, 3.63) is 58.6 Å². The van der Waals surface area contributed by atoms with Crippen LogP contribution in [0.4, 0.5) is 0 Å². The van der Waals surface area contributed by atoms with E-state index in [1.54, 1.807) is 28.2 Å². The van der Waals surface area contributed by atoms with Crippen LogP contribution in [0.15, 0.2) is 47.8 Å². The lowest BCUT2D eigenvalue weighted by Gasteiger charge is -2.20. The number of nitrogens with one attached hydrogen (secondary N) is 1. The molecule has 0 bridgehead atoms. The van der Waals surface area contributed by atoms with E-state index in [2.05, 4.69) is 31.0 Å². The number of aromatic nitrogens is 2. The van der Waals surface area contributed by atoms with E-state index in [1.165, 1.54) is 0 Å². The highest BCUT2D eigenvalue weighted by Gasteiger charge is 2.19. The van der Waals surface area contributed by atoms with Crippen LogP contribution in [0.1, 0.15) is 44.1 Å². The van der Waals surface area contributed by atoms with Gasteiger partial charge in [0.1, 0.15) is 11.4 Å². The summed E-state index contributed by atoms with van der Waals surface area (Å²) in [6.45, 7) is 9.59. The van der Waals surface area contributed by atoms with Crippen molar-refractivity contribution in [2.45, 2.75) is 39.7 Å². The third-order valence-corrected chi connectivity index (χ3v) is 6.31. The van der Waals surface area contributed by atoms with Gasteiger partial charge in [-0.05, 0) is 81.2 Å². The first kappa shape index (κ1) is 22.5. The second-order valence-electron chi connectivity index (χ2n) is 7.32. The molecule has 7 heteroatoms. The largest absolute Gasteiger partial charge is 0.348 e. The predicted molar refractivity (Wildman–Crippen MR) is 126 cm³/mol. The van der Waals surface area contributed by atoms with Gasteiger partial charge in [-0.15, -0.1) is 11.3 Å². The molecular weight excluding hydrogens is 416 g/mol. The van der Waals surface area contributed by atoms with Crippen LogP contribution >= 0.6 is 22.9 Å². The van der Waals surface area contributed by atoms with Gasteiger partial charge in [-0.3, -0.25) is 4.79 Å². The number of amides is 1. The molecule has 1 N–H and O–H groups in total. The fourth-order valence-electron chi connectivity index (χ4n) is 3.40. The molecule has 160 valence electrons. The SMILES string of the molecule is CCN(CC)CCCC(C)NC(=O)c1cc(-c2cccs2)nn1-c1ccc(Cl)cc1. The highest BCUT2D eigenvalue weighted by molar-refractivity contribution is 7.13. The van der Waals surface area contributed by atoms with E-state index in [4.69, 9.17) is 16.7 Å². The van der Waals surface area contributed by atoms with Gasteiger partial charge < -0.3 is 10.2 Å². The van der Waals surface area contributed by atoms with Crippen molar-refractivity contribution in [2.75, 3.05) is 19.6 Å². The monoisotopic (exact) mass is 444 g/mol. The van der Waals surface area contributed by atoms with Crippen LogP contribution in [0, 0.1) is 0 Å². The maximum atomic E-state index is 13.1. The fraction of sp³-hybridized carbons (Fsp3) is 0.391. The van der Waals surface area contributed by atoms with E-state index in [-0.39, 0.29) is 11.9 Å². The average molecular weight is 445 g/mol. The van der Waals surface area contributed by atoms with Gasteiger partial charge in [-0.2, -0.15) is 5.10 Å². The van der Waals surface area contributed by atoms with Crippen molar-refractivity contribution in [3.8, 4) is 16.3 Å². The molecule has 0 spiro atoms. The zero-order valence-corrected chi connectivity index (χ0v) is 19.3. The number of thiophene rings is 1. The Morgan fingerprint density at radius 1 is 1.23 bits per heavy atom. The first-order valence-corrected chi connectivity index (χ1v) is 11.7. The predicted octanol–water partition coefficient (Wildman–Crippen LogP) is 5.49. The van der Waals surface area contributed by atoms with E-state index < -0.39 is 0 Å². The van der Waals surface area contributed by atoms with Crippen molar-refractivity contribution in [1.82, 2.24) is 20.0 Å². The Balaban J connectivity index is 1.76. The molecule has 2 heterocycles. The van der Waals surface area contributed by atoms with Crippen molar-refractivity contribution in [2.24, 2.45) is 0 Å². The van der Waals surface area contributed by atoms with Crippen molar-refractivity contribution in [3.63, 3.8) is 0 Å². The highest BCUT2D eigenvalue weighted by Crippen LogP contribution is 2.26. The first-order chi connectivity index (χ1) is 14.5. The second kappa shape index (κ2) is 10.8. The molecule has 0 saturated heterocycles. The second-order valence-corrected chi connectivity index (χ2v) is 8.71. The topological polar surface area (TPSA) is 50.2 Å². The lowest BCUT2D eigenvalue weighted by Crippen LogP contribution is -2.34. The van der Waals surface area contributed by atoms with Crippen LogP contribution in [0.25, 0.3) is 16.3 Å². The molecule has 3 aromatic rings. The molecule has 0 fully saturated rings. The molecule has 2 aromatic heterocycles. The van der Waals surface area contributed by atoms with Crippen LogP contribution in [0.3, 0.4) is 0 Å². The maximum Gasteiger partial charge on any atom is 0.270 e. The summed E-state index contributed by atoms with van der Waals surface area (Å²) in [5, 5.41) is 10.5. The molecule has 1 aromatic carbocycles. The smallest absolute Gasteiger partial charge is 0.270 e. The normalized spacial score (nSPS) is 12.3. The van der Waals surface area contributed by atoms with Gasteiger partial charge in [-0.1, -0.05) is 31.5 Å². The Bertz CT molecular complexity index is 933. The van der Waals surface area contributed by atoms with Crippen molar-refractivity contribution in [1.29, 1.82) is 0 Å². The molecule has 3 rings (SSSR count). The summed E-state index contributed by atoms with van der Waals surface area (Å²) >= 11 is 7.64. The standard InChI is InChI=1S/C23H29ClN4OS/c1-4-27(5-2)14-6-8-17(3)25-23(29)21-16-20(22-9-7-15-30-22)26-28(21)19-12-10-18(24)11-13-19/h7,9-13,15-17H,4-6,8,14H2,1-3H3,(H,25,29). The number of carbonyl (C=O) groups is 1. The molecule has 0 radical (unpaired) electrons. The zero-order valence-electron chi connectivity index (χ0n) is 17.8. The van der Waals surface area contributed by atoms with Crippen LogP contribution in [0.5, 0.6) is 0 Å². The van der Waals surface area contributed by atoms with Crippen LogP contribution in [0.2, 0.25) is 5.02 Å². The van der Waals surface area contributed by atoms with E-state index in [1.807, 2.05) is 35.7 Å². The van der Waals surface area contributed by atoms with Crippen LogP contribution in [-0.2, 0) is 0 Å². The Hall–Kier alpha value is -2.15. The molecule has 0 aliphatic carbocycles. The lowest BCUT2D eigenvalue weighted by molar-refractivity contribution is 0.0929. The molecule has 1 atom stereocenters. The van der Waals surface area contributed by atoms with Crippen molar-refractivity contribution >= 4 is 28.8 Å². The first-order valence-electron chi connectivity index (χ1n) is 10.4. The number of rotatable bonds is 10. The quantitative estimate of drug-likeness (QED) is 0.449. The Kier molecular flexibility index (Phi) is 8.08. The van der Waals surface area contributed by atoms with Gasteiger partial charge in [0.2, 0.25) is 0 Å². The molecule has 1 unspecified atom stereocenters. The minimum atomic E-state index is -0.115. The number of hydrogen-bond donors (Lipinski definition) is 1. The van der Waals surface area contributed by atoms with Crippen molar-refractivity contribution < 1.29 is 4.79 Å². The number of benzene rings is 1. The molecule has 5 nitrogen and oxygen atoms in total. The van der Waals surface area contributed by atoms with Gasteiger partial charge in [0.05, 0.1) is 10.6 Å². The summed E-state index contributed by atoms with van der Waals surface area (Å²) in [5.41, 5.74) is 2.12. The Morgan fingerprint density at radius 2 is 1.97 bits per heavy atom. The van der Waals surface area contributed by atoms with Gasteiger partial charge in [0.25, 0.3) is 5.91 Å². The third kappa shape index (κ3) is 5.72. The molecule has 1 amide bonds. The average Bonchev–Trinajstić information content (AvgIpc) is 3.41. The van der Waals surface area contributed by atoms with E-state index in [9.17, 15) is 4.79 Å². The minimum Gasteiger partial charge on any atom is -0.348 e. The third-order valence-electron chi connectivity index (χ3n) is 5.17. The Labute approximate surface area is 187 Å². The highest BCUT2D eigenvalue weighted by atomic mass is 35.5. The van der Waals surface area contributed by atoms with E-state index >= 15 is 0 Å². The molecule has 0 saturated carbocycles. The summed E-state index contributed by atoms with van der Waals surface area (Å²) in [5.74, 6) is -0.115. The molecule has 0 aliphatic heterocycles. The zero-order chi connectivity index (χ0) is 21.5. The summed E-state index contributed by atoms with van der Waals surface area (Å²) in [6, 6.07) is 13.3. The van der Waals surface area contributed by atoms with Gasteiger partial charge in [-0.25, -0.2) is 4.68 Å². The lowest BCUT2D eigenvalue weighted by atomic mass is 10.1. The summed E-state index contributed by atoms with van der Waals surface area (Å²) < 4.78 is 1.70. The fourth-order valence-corrected chi connectivity index (χ4v) is 4.20.